The Balaban J connectivity index is 2.37. The van der Waals surface area contributed by atoms with E-state index in [1.165, 1.54) is 0 Å². The molecule has 0 aliphatic carbocycles. The van der Waals surface area contributed by atoms with Crippen LogP contribution < -0.4 is 5.73 Å². The van der Waals surface area contributed by atoms with Crippen LogP contribution in [-0.2, 0) is 0 Å². The summed E-state index contributed by atoms with van der Waals surface area (Å²) in [5.41, 5.74) is 5.80. The van der Waals surface area contributed by atoms with Gasteiger partial charge in [0.1, 0.15) is 5.01 Å². The molecule has 0 saturated carbocycles. The van der Waals surface area contributed by atoms with E-state index in [2.05, 4.69) is 36.1 Å². The molecule has 2 aromatic rings. The molecule has 2 aromatic heterocycles. The summed E-state index contributed by atoms with van der Waals surface area (Å²) in [5, 5.41) is 14.0. The highest BCUT2D eigenvalue weighted by molar-refractivity contribution is 7.16. The highest BCUT2D eigenvalue weighted by Gasteiger charge is 2.18. The predicted molar refractivity (Wildman–Crippen MR) is 69.5 cm³/mol. The van der Waals surface area contributed by atoms with E-state index in [0.717, 1.165) is 28.6 Å². The Kier molecular flexibility index (Phi) is 3.73. The molecule has 5 nitrogen and oxygen atoms in total. The number of rotatable bonds is 5. The fraction of sp³-hybridized carbons (Fsp3) is 0.727. The van der Waals surface area contributed by atoms with Crippen LogP contribution in [0.5, 0.6) is 0 Å². The largest absolute Gasteiger partial charge is 0.330 e. The molecule has 0 spiro atoms. The lowest BCUT2D eigenvalue weighted by Gasteiger charge is -2.08. The minimum atomic E-state index is 0.336. The lowest BCUT2D eigenvalue weighted by atomic mass is 10.1. The summed E-state index contributed by atoms with van der Waals surface area (Å²) in [7, 11) is 0. The van der Waals surface area contributed by atoms with Crippen molar-refractivity contribution >= 4 is 16.3 Å². The van der Waals surface area contributed by atoms with Crippen molar-refractivity contribution in [1.82, 2.24) is 19.8 Å². The molecule has 0 aromatic carbocycles. The topological polar surface area (TPSA) is 69.1 Å². The van der Waals surface area contributed by atoms with E-state index in [9.17, 15) is 0 Å². The Bertz CT molecular complexity index is 487. The van der Waals surface area contributed by atoms with Gasteiger partial charge in [-0.15, -0.1) is 10.2 Å². The maximum absolute atomic E-state index is 5.80. The van der Waals surface area contributed by atoms with Gasteiger partial charge in [-0.3, -0.25) is 0 Å². The number of nitrogens with zero attached hydrogens (tertiary/aromatic N) is 4. The van der Waals surface area contributed by atoms with Crippen LogP contribution in [0.2, 0.25) is 0 Å². The molecule has 17 heavy (non-hydrogen) atoms. The Morgan fingerprint density at radius 2 is 2.12 bits per heavy atom. The zero-order valence-corrected chi connectivity index (χ0v) is 11.4. The van der Waals surface area contributed by atoms with E-state index in [4.69, 9.17) is 5.73 Å². The van der Waals surface area contributed by atoms with Gasteiger partial charge in [0.25, 0.3) is 0 Å². The van der Waals surface area contributed by atoms with Gasteiger partial charge in [0, 0.05) is 18.4 Å². The Morgan fingerprint density at radius 3 is 2.71 bits per heavy atom. The SMILES string of the molecule is CCCC(CN)c1nn2c(C(C)C)nnc2s1. The smallest absolute Gasteiger partial charge is 0.234 e. The summed E-state index contributed by atoms with van der Waals surface area (Å²) >= 11 is 1.61. The molecule has 2 N–H and O–H groups in total. The standard InChI is InChI=1S/C11H19N5S/c1-4-5-8(6-12)10-15-16-9(7(2)3)13-14-11(16)17-10/h7-8H,4-6,12H2,1-3H3. The molecular formula is C11H19N5S. The summed E-state index contributed by atoms with van der Waals surface area (Å²) in [5.74, 6) is 1.61. The van der Waals surface area contributed by atoms with Crippen molar-refractivity contribution in [3.63, 3.8) is 0 Å². The quantitative estimate of drug-likeness (QED) is 0.886. The average Bonchev–Trinajstić information content (AvgIpc) is 2.84. The van der Waals surface area contributed by atoms with Crippen LogP contribution in [0, 0.1) is 0 Å². The molecule has 0 bridgehead atoms. The minimum Gasteiger partial charge on any atom is -0.330 e. The number of hydrogen-bond donors (Lipinski definition) is 1. The number of hydrogen-bond acceptors (Lipinski definition) is 5. The molecule has 0 fully saturated rings. The second-order valence-corrected chi connectivity index (χ2v) is 5.56. The second kappa shape index (κ2) is 5.10. The van der Waals surface area contributed by atoms with Gasteiger partial charge in [-0.25, -0.2) is 0 Å². The first-order valence-corrected chi connectivity index (χ1v) is 6.91. The van der Waals surface area contributed by atoms with Crippen LogP contribution in [-0.4, -0.2) is 26.4 Å². The summed E-state index contributed by atoms with van der Waals surface area (Å²) in [6.45, 7) is 7.02. The van der Waals surface area contributed by atoms with Crippen molar-refractivity contribution < 1.29 is 0 Å². The van der Waals surface area contributed by atoms with Crippen LogP contribution in [0.3, 0.4) is 0 Å². The molecular weight excluding hydrogens is 234 g/mol. The van der Waals surface area contributed by atoms with Crippen LogP contribution in [0.4, 0.5) is 0 Å². The molecule has 0 saturated heterocycles. The third-order valence-corrected chi connectivity index (χ3v) is 3.88. The van der Waals surface area contributed by atoms with Gasteiger partial charge < -0.3 is 5.73 Å². The van der Waals surface area contributed by atoms with Crippen molar-refractivity contribution in [2.24, 2.45) is 5.73 Å². The van der Waals surface area contributed by atoms with Crippen molar-refractivity contribution in [2.45, 2.75) is 45.4 Å². The van der Waals surface area contributed by atoms with Crippen LogP contribution in [0.15, 0.2) is 0 Å². The third-order valence-electron chi connectivity index (χ3n) is 2.82. The van der Waals surface area contributed by atoms with Crippen molar-refractivity contribution in [3.05, 3.63) is 10.8 Å². The van der Waals surface area contributed by atoms with Crippen LogP contribution >= 0.6 is 11.3 Å². The Labute approximate surface area is 105 Å². The lowest BCUT2D eigenvalue weighted by Crippen LogP contribution is -2.12. The van der Waals surface area contributed by atoms with Crippen LogP contribution in [0.25, 0.3) is 4.96 Å². The number of aromatic nitrogens is 4. The van der Waals surface area contributed by atoms with E-state index in [1.807, 2.05) is 4.52 Å². The molecule has 2 rings (SSSR count). The second-order valence-electron chi connectivity index (χ2n) is 4.57. The monoisotopic (exact) mass is 253 g/mol. The normalized spacial score (nSPS) is 13.7. The summed E-state index contributed by atoms with van der Waals surface area (Å²) in [4.78, 5) is 0.873. The zero-order valence-electron chi connectivity index (χ0n) is 10.6. The average molecular weight is 253 g/mol. The molecule has 0 aliphatic heterocycles. The van der Waals surface area contributed by atoms with Gasteiger partial charge >= 0.3 is 0 Å². The van der Waals surface area contributed by atoms with Gasteiger partial charge in [0.15, 0.2) is 5.82 Å². The molecule has 6 heteroatoms. The zero-order chi connectivity index (χ0) is 12.4. The van der Waals surface area contributed by atoms with E-state index in [0.29, 0.717) is 18.4 Å². The van der Waals surface area contributed by atoms with Gasteiger partial charge in [-0.05, 0) is 6.42 Å². The molecule has 1 unspecified atom stereocenters. The third kappa shape index (κ3) is 2.32. The first-order valence-electron chi connectivity index (χ1n) is 6.09. The highest BCUT2D eigenvalue weighted by atomic mass is 32.1. The molecule has 0 radical (unpaired) electrons. The first kappa shape index (κ1) is 12.4. The maximum Gasteiger partial charge on any atom is 0.234 e. The van der Waals surface area contributed by atoms with Gasteiger partial charge in [-0.2, -0.15) is 9.61 Å². The Morgan fingerprint density at radius 1 is 1.35 bits per heavy atom. The fourth-order valence-corrected chi connectivity index (χ4v) is 2.86. The highest BCUT2D eigenvalue weighted by Crippen LogP contribution is 2.26. The van der Waals surface area contributed by atoms with Crippen LogP contribution in [0.1, 0.15) is 56.3 Å². The van der Waals surface area contributed by atoms with Gasteiger partial charge in [0.05, 0.1) is 0 Å². The molecule has 2 heterocycles. The van der Waals surface area contributed by atoms with E-state index in [-0.39, 0.29) is 0 Å². The van der Waals surface area contributed by atoms with Gasteiger partial charge in [0.2, 0.25) is 4.96 Å². The molecule has 94 valence electrons. The summed E-state index contributed by atoms with van der Waals surface area (Å²) in [6.07, 6.45) is 2.21. The first-order chi connectivity index (χ1) is 8.17. The van der Waals surface area contributed by atoms with Gasteiger partial charge in [-0.1, -0.05) is 38.5 Å². The number of fused-ring (bicyclic) bond motifs is 1. The van der Waals surface area contributed by atoms with E-state index < -0.39 is 0 Å². The fourth-order valence-electron chi connectivity index (χ4n) is 1.86. The molecule has 0 amide bonds. The predicted octanol–water partition coefficient (Wildman–Crippen LogP) is 2.15. The van der Waals surface area contributed by atoms with Crippen molar-refractivity contribution in [3.8, 4) is 0 Å². The summed E-state index contributed by atoms with van der Waals surface area (Å²) in [6, 6.07) is 0. The lowest BCUT2D eigenvalue weighted by molar-refractivity contribution is 0.604. The number of nitrogens with two attached hydrogens (primary N) is 1. The van der Waals surface area contributed by atoms with Crippen molar-refractivity contribution in [1.29, 1.82) is 0 Å². The van der Waals surface area contributed by atoms with E-state index in [1.54, 1.807) is 11.3 Å². The summed E-state index contributed by atoms with van der Waals surface area (Å²) < 4.78 is 1.86. The minimum absolute atomic E-state index is 0.336. The van der Waals surface area contributed by atoms with Crippen molar-refractivity contribution in [2.75, 3.05) is 6.54 Å². The maximum atomic E-state index is 5.80. The molecule has 0 aliphatic rings. The van der Waals surface area contributed by atoms with E-state index >= 15 is 0 Å². The molecule has 1 atom stereocenters. The Hall–Kier alpha value is -1.01.